The van der Waals surface area contributed by atoms with Gasteiger partial charge in [0.25, 0.3) is 17.8 Å². The molecule has 0 aliphatic carbocycles. The maximum absolute atomic E-state index is 13.6. The molecule has 3 unspecified atom stereocenters. The van der Waals surface area contributed by atoms with Gasteiger partial charge in [0.1, 0.15) is 0 Å². The second-order valence-corrected chi connectivity index (χ2v) is 22.4. The van der Waals surface area contributed by atoms with E-state index in [2.05, 4.69) is 60.4 Å². The Labute approximate surface area is 485 Å². The molecule has 3 amide bonds. The zero-order chi connectivity index (χ0) is 61.4. The van der Waals surface area contributed by atoms with Crippen LogP contribution in [0.15, 0.2) is 91.4 Å². The molecule has 3 aromatic carbocycles. The number of likely N-dealkylation sites (tertiary alicyclic amines) is 3. The lowest BCUT2D eigenvalue weighted by atomic mass is 9.92. The largest absolute Gasteiger partial charge is 0.323 e. The Morgan fingerprint density at radius 3 is 1.31 bits per heavy atom. The summed E-state index contributed by atoms with van der Waals surface area (Å²) in [4.78, 5) is 91.4. The number of aromatic nitrogens is 3. The fraction of sp³-hybridized carbons (Fsp3) is 0.409. The second-order valence-electron chi connectivity index (χ2n) is 22.4. The fourth-order valence-electron chi connectivity index (χ4n) is 10.7. The Morgan fingerprint density at radius 1 is 0.476 bits per heavy atom. The number of benzene rings is 3. The molecule has 3 aromatic heterocycles. The Balaban J connectivity index is 0.000000181. The number of carbonyl (C=O) groups is 6. The van der Waals surface area contributed by atoms with Crippen LogP contribution in [0, 0.1) is 37.0 Å². The van der Waals surface area contributed by atoms with Crippen molar-refractivity contribution in [3.63, 3.8) is 0 Å². The van der Waals surface area contributed by atoms with E-state index in [0.29, 0.717) is 34.0 Å². The molecule has 6 aromatic rings. The monoisotopic (exact) mass is 1150 g/mol. The fourth-order valence-corrected chi connectivity index (χ4v) is 10.7. The van der Waals surface area contributed by atoms with Crippen LogP contribution in [0.5, 0.6) is 0 Å². The minimum absolute atomic E-state index is 0.0657. The number of nitrogens with zero attached hydrogens (tertiary/aromatic N) is 6. The van der Waals surface area contributed by atoms with Crippen LogP contribution in [-0.2, 0) is 14.4 Å². The third-order valence-electron chi connectivity index (χ3n) is 15.2. The quantitative estimate of drug-likeness (QED) is 0.0556. The number of ketones is 3. The highest BCUT2D eigenvalue weighted by atomic mass is 19.3. The van der Waals surface area contributed by atoms with Crippen LogP contribution in [0.4, 0.5) is 26.3 Å². The van der Waals surface area contributed by atoms with E-state index in [0.717, 1.165) is 58.6 Å². The molecule has 12 nitrogen and oxygen atoms in total. The maximum Gasteiger partial charge on any atom is 0.268 e. The number of hydrogen-bond donors (Lipinski definition) is 0. The zero-order valence-electron chi connectivity index (χ0n) is 47.7. The standard InChI is InChI=1S/3C22H22F2N2O2/c1-4-16-12-22(23,24)13-26(16)21(28)8-7-20(27)17-9-10-25-19-6-5-15(14(2)3)11-18(17)19;1-4-16-12-22(23,24)13-26(16)21(28)8-7-20(27)18-9-10-25-19-11-15(14(2)3)5-6-17(18)19;1-4-15-12-22(23,24)13-26(15)20(28)9-8-19(27)17-10-11-25-18-7-5-6-16(14(2)3)21(17)18/h2*1,5-6,9-11,14,16H,7-8,12-13H2,2-3H3;1,5-7,10-11,14-15H,8-9,12-13H2,2-3H3. The number of fused-ring (bicyclic) bond motifs is 3. The average Bonchev–Trinajstić information content (AvgIpc) is 3.80. The summed E-state index contributed by atoms with van der Waals surface area (Å²) < 4.78 is 81.4. The number of hydrogen-bond acceptors (Lipinski definition) is 9. The Hall–Kier alpha value is -8.43. The molecule has 3 saturated heterocycles. The lowest BCUT2D eigenvalue weighted by Gasteiger charge is -2.20. The van der Waals surface area contributed by atoms with Gasteiger partial charge in [0.05, 0.1) is 54.3 Å². The first kappa shape index (κ1) is 63.2. The summed E-state index contributed by atoms with van der Waals surface area (Å²) in [6.45, 7) is 10.3. The molecule has 84 heavy (non-hydrogen) atoms. The molecule has 0 saturated carbocycles. The molecule has 438 valence electrons. The van der Waals surface area contributed by atoms with Gasteiger partial charge >= 0.3 is 0 Å². The summed E-state index contributed by atoms with van der Waals surface area (Å²) in [5.41, 5.74) is 6.82. The predicted octanol–water partition coefficient (Wildman–Crippen LogP) is 12.6. The normalized spacial score (nSPS) is 18.4. The van der Waals surface area contributed by atoms with E-state index in [9.17, 15) is 55.1 Å². The van der Waals surface area contributed by atoms with Gasteiger partial charge in [-0.3, -0.25) is 43.7 Å². The number of terminal acetylenes is 3. The van der Waals surface area contributed by atoms with Gasteiger partial charge in [-0.2, -0.15) is 0 Å². The van der Waals surface area contributed by atoms with Crippen molar-refractivity contribution >= 4 is 67.8 Å². The van der Waals surface area contributed by atoms with Gasteiger partial charge < -0.3 is 14.7 Å². The van der Waals surface area contributed by atoms with E-state index in [1.165, 1.54) is 0 Å². The second kappa shape index (κ2) is 26.4. The summed E-state index contributed by atoms with van der Waals surface area (Å²) in [5.74, 6) is -3.58. The third-order valence-corrected chi connectivity index (χ3v) is 15.2. The zero-order valence-corrected chi connectivity index (χ0v) is 47.7. The van der Waals surface area contributed by atoms with E-state index in [-0.39, 0.29) is 61.8 Å². The number of Topliss-reactive ketones (excluding diaryl/α,β-unsaturated/α-hetero) is 3. The SMILES string of the molecule is C#CC1CC(F)(F)CN1C(=O)CCC(=O)c1ccnc2cc(C(C)C)ccc12.C#CC1CC(F)(F)CN1C(=O)CCC(=O)c1ccnc2ccc(C(C)C)cc12.C#CC1CC(F)(F)CN1C(=O)CCC(=O)c1ccnc2cccc(C(C)C)c12. The Bertz CT molecular complexity index is 3620. The van der Waals surface area contributed by atoms with Gasteiger partial charge in [0, 0.05) is 109 Å². The van der Waals surface area contributed by atoms with Crippen LogP contribution >= 0.6 is 0 Å². The Morgan fingerprint density at radius 2 is 0.869 bits per heavy atom. The molecule has 6 heterocycles. The van der Waals surface area contributed by atoms with E-state index in [4.69, 9.17) is 19.3 Å². The minimum Gasteiger partial charge on any atom is -0.323 e. The molecule has 9 rings (SSSR count). The topological polar surface area (TPSA) is 151 Å². The van der Waals surface area contributed by atoms with E-state index >= 15 is 0 Å². The van der Waals surface area contributed by atoms with Crippen molar-refractivity contribution in [2.24, 2.45) is 0 Å². The smallest absolute Gasteiger partial charge is 0.268 e. The number of carbonyl (C=O) groups excluding carboxylic acids is 6. The van der Waals surface area contributed by atoms with E-state index in [1.807, 2.05) is 68.4 Å². The van der Waals surface area contributed by atoms with Crippen molar-refractivity contribution in [3.05, 3.63) is 125 Å². The average molecular weight is 1150 g/mol. The Kier molecular flexibility index (Phi) is 19.9. The summed E-state index contributed by atoms with van der Waals surface area (Å²) in [5, 5.41) is 2.24. The third kappa shape index (κ3) is 15.0. The molecule has 18 heteroatoms. The minimum atomic E-state index is -2.98. The molecule has 0 bridgehead atoms. The molecule has 3 fully saturated rings. The van der Waals surface area contributed by atoms with Gasteiger partial charge in [0.2, 0.25) is 17.7 Å². The highest BCUT2D eigenvalue weighted by molar-refractivity contribution is 6.10. The summed E-state index contributed by atoms with van der Waals surface area (Å²) in [6.07, 6.45) is 18.3. The molecule has 0 spiro atoms. The van der Waals surface area contributed by atoms with Crippen LogP contribution in [0.25, 0.3) is 32.7 Å². The molecular weight excluding hydrogens is 1090 g/mol. The first-order chi connectivity index (χ1) is 39.7. The van der Waals surface area contributed by atoms with Crippen molar-refractivity contribution in [2.75, 3.05) is 19.6 Å². The number of alkyl halides is 6. The lowest BCUT2D eigenvalue weighted by Crippen LogP contribution is -2.36. The highest BCUT2D eigenvalue weighted by Crippen LogP contribution is 2.36. The summed E-state index contributed by atoms with van der Waals surface area (Å²) in [7, 11) is 0. The van der Waals surface area contributed by atoms with Crippen molar-refractivity contribution in [1.82, 2.24) is 29.7 Å². The summed E-state index contributed by atoms with van der Waals surface area (Å²) >= 11 is 0. The van der Waals surface area contributed by atoms with Crippen LogP contribution < -0.4 is 0 Å². The molecule has 0 N–H and O–H groups in total. The van der Waals surface area contributed by atoms with E-state index in [1.54, 1.807) is 36.8 Å². The van der Waals surface area contributed by atoms with Gasteiger partial charge in [-0.05, 0) is 76.9 Å². The number of halogens is 6. The molecular formula is C66H66F6N6O6. The van der Waals surface area contributed by atoms with Crippen molar-refractivity contribution in [3.8, 4) is 37.0 Å². The highest BCUT2D eigenvalue weighted by Gasteiger charge is 2.48. The van der Waals surface area contributed by atoms with Crippen molar-refractivity contribution in [2.45, 2.75) is 153 Å². The maximum atomic E-state index is 13.6. The number of amides is 3. The van der Waals surface area contributed by atoms with Gasteiger partial charge in [-0.15, -0.1) is 19.3 Å². The molecule has 3 atom stereocenters. The van der Waals surface area contributed by atoms with Crippen LogP contribution in [-0.4, -0.2) is 120 Å². The van der Waals surface area contributed by atoms with Gasteiger partial charge in [-0.1, -0.05) is 89.6 Å². The van der Waals surface area contributed by atoms with Crippen LogP contribution in [0.3, 0.4) is 0 Å². The first-order valence-electron chi connectivity index (χ1n) is 27.8. The lowest BCUT2D eigenvalue weighted by molar-refractivity contribution is -0.133. The number of pyridine rings is 3. The van der Waals surface area contributed by atoms with Gasteiger partial charge in [-0.25, -0.2) is 26.3 Å². The molecule has 3 aliphatic heterocycles. The van der Waals surface area contributed by atoms with Crippen molar-refractivity contribution < 1.29 is 55.1 Å². The molecule has 0 radical (unpaired) electrons. The first-order valence-corrected chi connectivity index (χ1v) is 27.8. The van der Waals surface area contributed by atoms with E-state index < -0.39 is 92.5 Å². The summed E-state index contributed by atoms with van der Waals surface area (Å²) in [6, 6.07) is 19.4. The number of rotatable bonds is 15. The predicted molar refractivity (Wildman–Crippen MR) is 310 cm³/mol. The van der Waals surface area contributed by atoms with Crippen molar-refractivity contribution in [1.29, 1.82) is 0 Å². The molecule has 3 aliphatic rings. The van der Waals surface area contributed by atoms with Crippen LogP contribution in [0.2, 0.25) is 0 Å². The van der Waals surface area contributed by atoms with Crippen LogP contribution in [0.1, 0.15) is 165 Å². The van der Waals surface area contributed by atoms with Gasteiger partial charge in [0.15, 0.2) is 17.3 Å².